The van der Waals surface area contributed by atoms with Crippen LogP contribution in [0.15, 0.2) is 16.6 Å². The molecule has 2 nitrogen and oxygen atoms in total. The van der Waals surface area contributed by atoms with Crippen molar-refractivity contribution in [3.63, 3.8) is 0 Å². The molecule has 0 aromatic heterocycles. The third-order valence-corrected chi connectivity index (χ3v) is 5.02. The zero-order valence-corrected chi connectivity index (χ0v) is 13.0. The molecule has 1 aromatic carbocycles. The van der Waals surface area contributed by atoms with Gasteiger partial charge in [0.25, 0.3) is 0 Å². The third kappa shape index (κ3) is 3.27. The molecule has 0 spiro atoms. The number of methoxy groups -OCH3 is 1. The van der Waals surface area contributed by atoms with Crippen molar-refractivity contribution in [2.24, 2.45) is 0 Å². The summed E-state index contributed by atoms with van der Waals surface area (Å²) in [6, 6.07) is 4.98. The van der Waals surface area contributed by atoms with Gasteiger partial charge in [0.05, 0.1) is 6.10 Å². The summed E-state index contributed by atoms with van der Waals surface area (Å²) in [7, 11) is 1.82. The predicted octanol–water partition coefficient (Wildman–Crippen LogP) is 4.44. The fourth-order valence-electron chi connectivity index (χ4n) is 2.76. The molecule has 0 radical (unpaired) electrons. The fourth-order valence-corrected chi connectivity index (χ4v) is 2.98. The molecule has 0 aliphatic heterocycles. The SMILES string of the molecule is COC1CCCC(Nc2cc(C)c(Br)c(C)c2)C1. The Morgan fingerprint density at radius 2 is 1.89 bits per heavy atom. The summed E-state index contributed by atoms with van der Waals surface area (Å²) in [4.78, 5) is 0. The lowest BCUT2D eigenvalue weighted by Gasteiger charge is -2.29. The predicted molar refractivity (Wildman–Crippen MR) is 80.3 cm³/mol. The van der Waals surface area contributed by atoms with Gasteiger partial charge < -0.3 is 10.1 Å². The zero-order valence-electron chi connectivity index (χ0n) is 11.4. The first-order chi connectivity index (χ1) is 8.60. The molecule has 1 fully saturated rings. The van der Waals surface area contributed by atoms with Crippen LogP contribution < -0.4 is 5.32 Å². The van der Waals surface area contributed by atoms with E-state index >= 15 is 0 Å². The zero-order chi connectivity index (χ0) is 13.1. The number of nitrogens with one attached hydrogen (secondary N) is 1. The largest absolute Gasteiger partial charge is 0.382 e. The molecule has 3 heteroatoms. The molecule has 1 aliphatic carbocycles. The molecule has 2 unspecified atom stereocenters. The summed E-state index contributed by atoms with van der Waals surface area (Å²) in [5.74, 6) is 0. The molecule has 1 N–H and O–H groups in total. The van der Waals surface area contributed by atoms with Crippen LogP contribution in [0.4, 0.5) is 5.69 Å². The lowest BCUT2D eigenvalue weighted by molar-refractivity contribution is 0.0669. The van der Waals surface area contributed by atoms with Crippen LogP contribution in [0.1, 0.15) is 36.8 Å². The average Bonchev–Trinajstić information content (AvgIpc) is 2.36. The molecule has 0 saturated heterocycles. The van der Waals surface area contributed by atoms with Crippen molar-refractivity contribution in [1.82, 2.24) is 0 Å². The van der Waals surface area contributed by atoms with E-state index in [-0.39, 0.29) is 0 Å². The van der Waals surface area contributed by atoms with Gasteiger partial charge in [-0.05, 0) is 62.8 Å². The highest BCUT2D eigenvalue weighted by molar-refractivity contribution is 9.10. The van der Waals surface area contributed by atoms with E-state index < -0.39 is 0 Å². The lowest BCUT2D eigenvalue weighted by atomic mass is 9.92. The minimum atomic E-state index is 0.425. The molecule has 1 saturated carbocycles. The van der Waals surface area contributed by atoms with Crippen LogP contribution in [0.2, 0.25) is 0 Å². The maximum atomic E-state index is 5.48. The smallest absolute Gasteiger partial charge is 0.0590 e. The van der Waals surface area contributed by atoms with Gasteiger partial charge in [-0.2, -0.15) is 0 Å². The third-order valence-electron chi connectivity index (χ3n) is 3.77. The summed E-state index contributed by atoms with van der Waals surface area (Å²) < 4.78 is 6.69. The van der Waals surface area contributed by atoms with Gasteiger partial charge in [0.2, 0.25) is 0 Å². The number of hydrogen-bond acceptors (Lipinski definition) is 2. The minimum absolute atomic E-state index is 0.425. The van der Waals surface area contributed by atoms with Gasteiger partial charge in [-0.1, -0.05) is 15.9 Å². The summed E-state index contributed by atoms with van der Waals surface area (Å²) in [6.45, 7) is 4.28. The highest BCUT2D eigenvalue weighted by Gasteiger charge is 2.21. The quantitative estimate of drug-likeness (QED) is 0.891. The van der Waals surface area contributed by atoms with Crippen LogP contribution in [0.5, 0.6) is 0 Å². The van der Waals surface area contributed by atoms with Crippen molar-refractivity contribution in [2.75, 3.05) is 12.4 Å². The molecular formula is C15H22BrNO. The van der Waals surface area contributed by atoms with Crippen LogP contribution >= 0.6 is 15.9 Å². The number of halogens is 1. The molecule has 0 bridgehead atoms. The van der Waals surface area contributed by atoms with Gasteiger partial charge in [0, 0.05) is 23.3 Å². The maximum absolute atomic E-state index is 5.48. The topological polar surface area (TPSA) is 21.3 Å². The number of aryl methyl sites for hydroxylation is 2. The first kappa shape index (κ1) is 13.9. The average molecular weight is 312 g/mol. The number of benzene rings is 1. The Labute approximate surface area is 118 Å². The van der Waals surface area contributed by atoms with E-state index in [2.05, 4.69) is 47.2 Å². The Morgan fingerprint density at radius 1 is 1.22 bits per heavy atom. The molecule has 1 aromatic rings. The first-order valence-electron chi connectivity index (χ1n) is 6.66. The summed E-state index contributed by atoms with van der Waals surface area (Å²) in [5.41, 5.74) is 3.81. The number of hydrogen-bond donors (Lipinski definition) is 1. The van der Waals surface area contributed by atoms with E-state index in [0.717, 1.165) is 6.42 Å². The number of ether oxygens (including phenoxy) is 1. The van der Waals surface area contributed by atoms with Gasteiger partial charge >= 0.3 is 0 Å². The van der Waals surface area contributed by atoms with Crippen LogP contribution in [0, 0.1) is 13.8 Å². The highest BCUT2D eigenvalue weighted by Crippen LogP contribution is 2.28. The maximum Gasteiger partial charge on any atom is 0.0590 e. The fraction of sp³-hybridized carbons (Fsp3) is 0.600. The molecule has 0 heterocycles. The van der Waals surface area contributed by atoms with E-state index in [4.69, 9.17) is 4.74 Å². The number of anilines is 1. The van der Waals surface area contributed by atoms with Gasteiger partial charge in [-0.15, -0.1) is 0 Å². The minimum Gasteiger partial charge on any atom is -0.382 e. The Kier molecular flexibility index (Phi) is 4.68. The normalized spacial score (nSPS) is 24.0. The van der Waals surface area contributed by atoms with Crippen molar-refractivity contribution in [3.8, 4) is 0 Å². The van der Waals surface area contributed by atoms with E-state index in [1.54, 1.807) is 0 Å². The Hall–Kier alpha value is -0.540. The van der Waals surface area contributed by atoms with Crippen molar-refractivity contribution in [3.05, 3.63) is 27.7 Å². The van der Waals surface area contributed by atoms with Crippen molar-refractivity contribution in [2.45, 2.75) is 51.7 Å². The van der Waals surface area contributed by atoms with Gasteiger partial charge in [0.15, 0.2) is 0 Å². The van der Waals surface area contributed by atoms with E-state index in [0.29, 0.717) is 12.1 Å². The van der Waals surface area contributed by atoms with Crippen LogP contribution in [-0.2, 0) is 4.74 Å². The van der Waals surface area contributed by atoms with Crippen LogP contribution in [0.25, 0.3) is 0 Å². The molecular weight excluding hydrogens is 290 g/mol. The number of rotatable bonds is 3. The Balaban J connectivity index is 2.05. The standard InChI is InChI=1S/C15H22BrNO/c1-10-7-13(8-11(2)15(10)16)17-12-5-4-6-14(9-12)18-3/h7-8,12,14,17H,4-6,9H2,1-3H3. The Morgan fingerprint density at radius 3 is 2.50 bits per heavy atom. The summed E-state index contributed by atoms with van der Waals surface area (Å²) in [6.07, 6.45) is 5.24. The van der Waals surface area contributed by atoms with E-state index in [1.165, 1.54) is 40.5 Å². The second-order valence-electron chi connectivity index (χ2n) is 5.29. The highest BCUT2D eigenvalue weighted by atomic mass is 79.9. The molecule has 0 amide bonds. The summed E-state index contributed by atoms with van der Waals surface area (Å²) >= 11 is 3.61. The van der Waals surface area contributed by atoms with Crippen LogP contribution in [0.3, 0.4) is 0 Å². The second kappa shape index (κ2) is 6.07. The van der Waals surface area contributed by atoms with Crippen molar-refractivity contribution in [1.29, 1.82) is 0 Å². The lowest BCUT2D eigenvalue weighted by Crippen LogP contribution is -2.31. The van der Waals surface area contributed by atoms with Gasteiger partial charge in [0.1, 0.15) is 0 Å². The van der Waals surface area contributed by atoms with Gasteiger partial charge in [-0.25, -0.2) is 0 Å². The molecule has 100 valence electrons. The molecule has 18 heavy (non-hydrogen) atoms. The van der Waals surface area contributed by atoms with E-state index in [9.17, 15) is 0 Å². The van der Waals surface area contributed by atoms with Crippen molar-refractivity contribution < 1.29 is 4.74 Å². The Bertz CT molecular complexity index is 396. The van der Waals surface area contributed by atoms with Gasteiger partial charge in [-0.3, -0.25) is 0 Å². The molecule has 2 rings (SSSR count). The first-order valence-corrected chi connectivity index (χ1v) is 7.45. The molecule has 1 aliphatic rings. The molecule has 2 atom stereocenters. The summed E-state index contributed by atoms with van der Waals surface area (Å²) in [5, 5.41) is 3.65. The van der Waals surface area contributed by atoms with E-state index in [1.807, 2.05) is 7.11 Å². The monoisotopic (exact) mass is 311 g/mol. The van der Waals surface area contributed by atoms with Crippen molar-refractivity contribution >= 4 is 21.6 Å². The van der Waals surface area contributed by atoms with Crippen LogP contribution in [-0.4, -0.2) is 19.3 Å². The second-order valence-corrected chi connectivity index (χ2v) is 6.08.